The van der Waals surface area contributed by atoms with E-state index < -0.39 is 0 Å². The number of hydrogen-bond donors (Lipinski definition) is 1. The summed E-state index contributed by atoms with van der Waals surface area (Å²) in [6.07, 6.45) is 0. The molecule has 0 aliphatic rings. The molecule has 102 valence electrons. The first-order chi connectivity index (χ1) is 9.22. The van der Waals surface area contributed by atoms with Crippen molar-refractivity contribution in [1.29, 1.82) is 0 Å². The Morgan fingerprint density at radius 2 is 2.11 bits per heavy atom. The Hall–Kier alpha value is -0.480. The molecule has 0 aliphatic carbocycles. The Bertz CT molecular complexity index is 524. The van der Waals surface area contributed by atoms with Gasteiger partial charge in [-0.25, -0.2) is 0 Å². The van der Waals surface area contributed by atoms with Gasteiger partial charge in [0.15, 0.2) is 0 Å². The zero-order valence-corrected chi connectivity index (χ0v) is 13.5. The Balaban J connectivity index is 2.06. The minimum absolute atomic E-state index is 0.395. The highest BCUT2D eigenvalue weighted by Crippen LogP contribution is 2.32. The van der Waals surface area contributed by atoms with E-state index in [1.165, 1.54) is 10.4 Å². The summed E-state index contributed by atoms with van der Waals surface area (Å²) in [6.45, 7) is 5.30. The molecule has 0 radical (unpaired) electrons. The van der Waals surface area contributed by atoms with E-state index in [-0.39, 0.29) is 0 Å². The zero-order chi connectivity index (χ0) is 13.7. The van der Waals surface area contributed by atoms with Gasteiger partial charge in [0.05, 0.1) is 11.1 Å². The molecule has 1 unspecified atom stereocenters. The van der Waals surface area contributed by atoms with Crippen molar-refractivity contribution < 1.29 is 0 Å². The fraction of sp³-hybridized carbons (Fsp3) is 0.333. The number of nitrogens with one attached hydrogen (secondary N) is 1. The van der Waals surface area contributed by atoms with Crippen LogP contribution in [0.1, 0.15) is 23.4 Å². The number of thioether (sulfide) groups is 1. The number of rotatable bonds is 6. The summed E-state index contributed by atoms with van der Waals surface area (Å²) in [4.78, 5) is 2.59. The lowest BCUT2D eigenvalue weighted by Crippen LogP contribution is -2.22. The van der Waals surface area contributed by atoms with Crippen molar-refractivity contribution in [2.24, 2.45) is 0 Å². The maximum absolute atomic E-state index is 6.20. The van der Waals surface area contributed by atoms with E-state index >= 15 is 0 Å². The van der Waals surface area contributed by atoms with Crippen molar-refractivity contribution in [3.05, 3.63) is 51.2 Å². The molecule has 0 bridgehead atoms. The fourth-order valence-corrected chi connectivity index (χ4v) is 4.37. The summed E-state index contributed by atoms with van der Waals surface area (Å²) in [5.41, 5.74) is 1.37. The summed E-state index contributed by atoms with van der Waals surface area (Å²) in [6, 6.07) is 10.6. The maximum Gasteiger partial charge on any atom is 0.0541 e. The topological polar surface area (TPSA) is 12.0 Å². The second-order valence-electron chi connectivity index (χ2n) is 4.32. The molecule has 1 N–H and O–H groups in total. The van der Waals surface area contributed by atoms with Crippen LogP contribution in [0, 0.1) is 6.92 Å². The van der Waals surface area contributed by atoms with Gasteiger partial charge in [-0.05, 0) is 42.6 Å². The molecule has 19 heavy (non-hydrogen) atoms. The standard InChI is InChI=1S/C15H18ClNS2/c1-3-17-13(15-11(2)8-9-18-15)10-19-14-7-5-4-6-12(14)16/h4-9,13,17H,3,10H2,1-2H3. The van der Waals surface area contributed by atoms with Crippen molar-refractivity contribution >= 4 is 34.7 Å². The lowest BCUT2D eigenvalue weighted by Gasteiger charge is -2.17. The number of benzene rings is 1. The number of halogens is 1. The maximum atomic E-state index is 6.20. The van der Waals surface area contributed by atoms with Gasteiger partial charge in [-0.3, -0.25) is 0 Å². The van der Waals surface area contributed by atoms with Crippen LogP contribution < -0.4 is 5.32 Å². The van der Waals surface area contributed by atoms with E-state index in [1.54, 1.807) is 0 Å². The molecule has 0 amide bonds. The molecule has 1 atom stereocenters. The molecule has 1 nitrogen and oxygen atoms in total. The Labute approximate surface area is 128 Å². The summed E-state index contributed by atoms with van der Waals surface area (Å²) < 4.78 is 0. The molecule has 0 fully saturated rings. The lowest BCUT2D eigenvalue weighted by molar-refractivity contribution is 0.612. The SMILES string of the molecule is CCNC(CSc1ccccc1Cl)c1sccc1C. The quantitative estimate of drug-likeness (QED) is 0.740. The smallest absolute Gasteiger partial charge is 0.0541 e. The van der Waals surface area contributed by atoms with E-state index in [1.807, 2.05) is 41.3 Å². The number of thiophene rings is 1. The zero-order valence-electron chi connectivity index (χ0n) is 11.2. The third kappa shape index (κ3) is 3.99. The van der Waals surface area contributed by atoms with E-state index in [0.29, 0.717) is 6.04 Å². The molecule has 2 aromatic rings. The summed E-state index contributed by atoms with van der Waals surface area (Å²) >= 11 is 9.84. The molecule has 0 saturated heterocycles. The van der Waals surface area contributed by atoms with Crippen LogP contribution in [-0.2, 0) is 0 Å². The van der Waals surface area contributed by atoms with Crippen LogP contribution >= 0.6 is 34.7 Å². The molecular weight excluding hydrogens is 294 g/mol. The lowest BCUT2D eigenvalue weighted by atomic mass is 10.2. The molecular formula is C15H18ClNS2. The van der Waals surface area contributed by atoms with Crippen molar-refractivity contribution in [3.63, 3.8) is 0 Å². The number of hydrogen-bond acceptors (Lipinski definition) is 3. The summed E-state index contributed by atoms with van der Waals surface area (Å²) in [7, 11) is 0. The van der Waals surface area contributed by atoms with Crippen molar-refractivity contribution in [1.82, 2.24) is 5.32 Å². The van der Waals surface area contributed by atoms with Crippen LogP contribution in [0.5, 0.6) is 0 Å². The largest absolute Gasteiger partial charge is 0.309 e. The van der Waals surface area contributed by atoms with Crippen LogP contribution in [0.4, 0.5) is 0 Å². The predicted molar refractivity (Wildman–Crippen MR) is 87.6 cm³/mol. The van der Waals surface area contributed by atoms with Crippen LogP contribution in [0.25, 0.3) is 0 Å². The van der Waals surface area contributed by atoms with Gasteiger partial charge in [-0.2, -0.15) is 0 Å². The molecule has 0 saturated carbocycles. The van der Waals surface area contributed by atoms with Gasteiger partial charge in [0, 0.05) is 15.5 Å². The minimum Gasteiger partial charge on any atom is -0.309 e. The third-order valence-corrected chi connectivity index (χ3v) is 5.65. The predicted octanol–water partition coefficient (Wildman–Crippen LogP) is 5.15. The molecule has 0 aliphatic heterocycles. The summed E-state index contributed by atoms with van der Waals surface area (Å²) in [5.74, 6) is 0.999. The Morgan fingerprint density at radius 1 is 1.32 bits per heavy atom. The average molecular weight is 312 g/mol. The monoisotopic (exact) mass is 311 g/mol. The van der Waals surface area contributed by atoms with Crippen LogP contribution in [0.2, 0.25) is 5.02 Å². The second-order valence-corrected chi connectivity index (χ2v) is 6.74. The normalized spacial score (nSPS) is 12.6. The first-order valence-electron chi connectivity index (χ1n) is 6.37. The number of aryl methyl sites for hydroxylation is 1. The van der Waals surface area contributed by atoms with Crippen LogP contribution in [0.15, 0.2) is 40.6 Å². The van der Waals surface area contributed by atoms with Gasteiger partial charge >= 0.3 is 0 Å². The first-order valence-corrected chi connectivity index (χ1v) is 8.61. The molecule has 1 aromatic carbocycles. The Morgan fingerprint density at radius 3 is 2.74 bits per heavy atom. The van der Waals surface area contributed by atoms with Crippen LogP contribution in [-0.4, -0.2) is 12.3 Å². The third-order valence-electron chi connectivity index (χ3n) is 2.91. The van der Waals surface area contributed by atoms with Gasteiger partial charge in [0.2, 0.25) is 0 Å². The molecule has 2 rings (SSSR count). The van der Waals surface area contributed by atoms with E-state index in [9.17, 15) is 0 Å². The van der Waals surface area contributed by atoms with E-state index in [4.69, 9.17) is 11.6 Å². The first kappa shape index (κ1) is 14.9. The summed E-state index contributed by atoms with van der Waals surface area (Å²) in [5, 5.41) is 6.56. The average Bonchev–Trinajstić information content (AvgIpc) is 2.82. The molecule has 1 aromatic heterocycles. The highest BCUT2D eigenvalue weighted by atomic mass is 35.5. The van der Waals surface area contributed by atoms with E-state index in [2.05, 4.69) is 36.7 Å². The van der Waals surface area contributed by atoms with E-state index in [0.717, 1.165) is 22.2 Å². The van der Waals surface area contributed by atoms with Gasteiger partial charge in [0.25, 0.3) is 0 Å². The van der Waals surface area contributed by atoms with Crippen molar-refractivity contribution in [2.75, 3.05) is 12.3 Å². The van der Waals surface area contributed by atoms with Gasteiger partial charge in [-0.15, -0.1) is 23.1 Å². The minimum atomic E-state index is 0.395. The second kappa shape index (κ2) is 7.34. The fourth-order valence-electron chi connectivity index (χ4n) is 1.95. The highest BCUT2D eigenvalue weighted by Gasteiger charge is 2.15. The molecule has 1 heterocycles. The van der Waals surface area contributed by atoms with Gasteiger partial charge in [-0.1, -0.05) is 30.7 Å². The van der Waals surface area contributed by atoms with Gasteiger partial charge < -0.3 is 5.32 Å². The van der Waals surface area contributed by atoms with Crippen molar-refractivity contribution in [2.45, 2.75) is 24.8 Å². The van der Waals surface area contributed by atoms with Crippen LogP contribution in [0.3, 0.4) is 0 Å². The molecule has 0 spiro atoms. The highest BCUT2D eigenvalue weighted by molar-refractivity contribution is 7.99. The van der Waals surface area contributed by atoms with Gasteiger partial charge in [0.1, 0.15) is 0 Å². The van der Waals surface area contributed by atoms with Crippen molar-refractivity contribution in [3.8, 4) is 0 Å². The molecule has 4 heteroatoms. The Kier molecular flexibility index (Phi) is 5.76.